The molecule has 1 rings (SSSR count). The number of Topliss-reactive ketones (excluding diaryl/α,β-unsaturated/α-hetero) is 1. The van der Waals surface area contributed by atoms with Gasteiger partial charge in [-0.2, -0.15) is 5.84 Å². The van der Waals surface area contributed by atoms with Gasteiger partial charge in [0.05, 0.1) is 13.1 Å². The van der Waals surface area contributed by atoms with E-state index in [1.165, 1.54) is 0 Å². The second-order valence-electron chi connectivity index (χ2n) is 4.17. The number of nitrogens with zero attached hydrogens (tertiary/aromatic N) is 1. The number of ketones is 1. The molecule has 0 aliphatic rings. The van der Waals surface area contributed by atoms with Crippen molar-refractivity contribution in [2.24, 2.45) is 5.84 Å². The van der Waals surface area contributed by atoms with Crippen LogP contribution in [0, 0.1) is 0 Å². The van der Waals surface area contributed by atoms with Crippen LogP contribution in [0.1, 0.15) is 24.2 Å². The maximum Gasteiger partial charge on any atom is 0.218 e. The highest BCUT2D eigenvalue weighted by molar-refractivity contribution is 9.10. The summed E-state index contributed by atoms with van der Waals surface area (Å²) in [7, 11) is 0. The lowest BCUT2D eigenvalue weighted by Gasteiger charge is -2.29. The molecule has 0 fully saturated rings. The van der Waals surface area contributed by atoms with E-state index in [2.05, 4.69) is 15.9 Å². The fourth-order valence-electron chi connectivity index (χ4n) is 1.53. The second-order valence-corrected chi connectivity index (χ2v) is 5.02. The lowest BCUT2D eigenvalue weighted by molar-refractivity contribution is -0.928. The fourth-order valence-corrected chi connectivity index (χ4v) is 1.90. The molecule has 0 radical (unpaired) electrons. The molecule has 0 spiro atoms. The standard InChI is InChI=1S/C12H18BrN3O.ClH/c1-3-16(15,4-2)8-12(17)9-5-6-11(14)10(13)7-9;/h5-7H,3-4,8,15H2,1-2H3,(H-,14,17);1H. The number of nitrogen functional groups attached to an aromatic ring is 1. The molecule has 4 nitrogen and oxygen atoms in total. The van der Waals surface area contributed by atoms with Gasteiger partial charge in [0.25, 0.3) is 0 Å². The second kappa shape index (κ2) is 7.09. The number of likely N-dealkylation sites (N-methyl/N-ethyl adjacent to an activating group) is 1. The number of nitrogens with two attached hydrogens (primary N) is 2. The summed E-state index contributed by atoms with van der Waals surface area (Å²) in [5, 5.41) is 0. The molecule has 0 bridgehead atoms. The highest BCUT2D eigenvalue weighted by Gasteiger charge is 2.23. The first-order valence-electron chi connectivity index (χ1n) is 5.64. The van der Waals surface area contributed by atoms with E-state index >= 15 is 0 Å². The van der Waals surface area contributed by atoms with E-state index < -0.39 is 0 Å². The van der Waals surface area contributed by atoms with Gasteiger partial charge in [-0.25, -0.2) is 4.59 Å². The molecule has 0 heterocycles. The highest BCUT2D eigenvalue weighted by atomic mass is 79.9. The molecular formula is C12H19BrClN3O. The van der Waals surface area contributed by atoms with Crippen molar-refractivity contribution in [3.63, 3.8) is 0 Å². The molecular weight excluding hydrogens is 318 g/mol. The molecule has 0 aliphatic heterocycles. The van der Waals surface area contributed by atoms with Gasteiger partial charge in [0.15, 0.2) is 6.54 Å². The molecule has 4 N–H and O–H groups in total. The van der Waals surface area contributed by atoms with Crippen molar-refractivity contribution in [1.82, 2.24) is 0 Å². The zero-order valence-electron chi connectivity index (χ0n) is 10.6. The average Bonchev–Trinajstić information content (AvgIpc) is 2.32. The van der Waals surface area contributed by atoms with Gasteiger partial charge in [0.1, 0.15) is 0 Å². The topological polar surface area (TPSA) is 69.1 Å². The number of rotatable bonds is 5. The number of hydrogen-bond acceptors (Lipinski definition) is 3. The molecule has 102 valence electrons. The summed E-state index contributed by atoms with van der Waals surface area (Å²) in [6.07, 6.45) is 0. The number of quaternary nitrogens is 1. The smallest absolute Gasteiger partial charge is 0.218 e. The molecule has 0 atom stereocenters. The van der Waals surface area contributed by atoms with Crippen molar-refractivity contribution < 1.29 is 21.8 Å². The summed E-state index contributed by atoms with van der Waals surface area (Å²) in [5.41, 5.74) is 6.95. The minimum Gasteiger partial charge on any atom is -1.00 e. The van der Waals surface area contributed by atoms with Crippen LogP contribution >= 0.6 is 15.9 Å². The van der Waals surface area contributed by atoms with Crippen LogP contribution in [0.15, 0.2) is 22.7 Å². The Morgan fingerprint density at radius 1 is 1.33 bits per heavy atom. The van der Waals surface area contributed by atoms with Crippen LogP contribution in [0.4, 0.5) is 5.69 Å². The first-order valence-corrected chi connectivity index (χ1v) is 6.44. The normalized spacial score (nSPS) is 10.9. The molecule has 1 aromatic carbocycles. The Hall–Kier alpha value is -0.620. The van der Waals surface area contributed by atoms with Gasteiger partial charge in [-0.15, -0.1) is 0 Å². The first kappa shape index (κ1) is 17.4. The summed E-state index contributed by atoms with van der Waals surface area (Å²) >= 11 is 3.31. The Morgan fingerprint density at radius 2 is 1.89 bits per heavy atom. The Kier molecular flexibility index (Phi) is 6.84. The summed E-state index contributed by atoms with van der Waals surface area (Å²) in [4.78, 5) is 12.1. The Morgan fingerprint density at radius 3 is 2.33 bits per heavy atom. The van der Waals surface area contributed by atoms with Crippen LogP contribution in [-0.4, -0.2) is 30.0 Å². The highest BCUT2D eigenvalue weighted by Crippen LogP contribution is 2.21. The molecule has 0 saturated heterocycles. The minimum absolute atomic E-state index is 0. The van der Waals surface area contributed by atoms with Crippen LogP contribution < -0.4 is 24.0 Å². The van der Waals surface area contributed by atoms with Gasteiger partial charge in [0, 0.05) is 15.7 Å². The maximum atomic E-state index is 12.1. The van der Waals surface area contributed by atoms with Crippen molar-refractivity contribution in [2.45, 2.75) is 13.8 Å². The molecule has 0 aromatic heterocycles. The fraction of sp³-hybridized carbons (Fsp3) is 0.417. The van der Waals surface area contributed by atoms with Gasteiger partial charge in [-0.3, -0.25) is 4.79 Å². The molecule has 0 saturated carbocycles. The van der Waals surface area contributed by atoms with E-state index in [-0.39, 0.29) is 22.8 Å². The van der Waals surface area contributed by atoms with Crippen molar-refractivity contribution in [3.8, 4) is 0 Å². The SMILES string of the molecule is CC[N+](N)(CC)CC(=O)c1ccc(N)c(Br)c1.[Cl-]. The third-order valence-corrected chi connectivity index (χ3v) is 3.73. The maximum absolute atomic E-state index is 12.1. The Bertz CT molecular complexity index is 422. The number of carbonyl (C=O) groups excluding carboxylic acids is 1. The lowest BCUT2D eigenvalue weighted by atomic mass is 10.1. The monoisotopic (exact) mass is 335 g/mol. The number of anilines is 1. The summed E-state index contributed by atoms with van der Waals surface area (Å²) in [5.74, 6) is 6.12. The van der Waals surface area contributed by atoms with Crippen molar-refractivity contribution >= 4 is 27.4 Å². The Balaban J connectivity index is 0.00000289. The number of hydrogen-bond donors (Lipinski definition) is 2. The average molecular weight is 337 g/mol. The van der Waals surface area contributed by atoms with Crippen LogP contribution in [-0.2, 0) is 0 Å². The predicted molar refractivity (Wildman–Crippen MR) is 73.3 cm³/mol. The Labute approximate surface area is 122 Å². The van der Waals surface area contributed by atoms with E-state index in [0.717, 1.165) is 17.6 Å². The summed E-state index contributed by atoms with van der Waals surface area (Å²) in [6, 6.07) is 5.20. The van der Waals surface area contributed by atoms with Gasteiger partial charge < -0.3 is 18.1 Å². The third-order valence-electron chi connectivity index (χ3n) is 3.04. The number of carbonyl (C=O) groups is 1. The third kappa shape index (κ3) is 4.24. The molecule has 0 amide bonds. The van der Waals surface area contributed by atoms with Crippen LogP contribution in [0.25, 0.3) is 0 Å². The van der Waals surface area contributed by atoms with Crippen LogP contribution in [0.2, 0.25) is 0 Å². The van der Waals surface area contributed by atoms with Crippen LogP contribution in [0.5, 0.6) is 0 Å². The van der Waals surface area contributed by atoms with Gasteiger partial charge >= 0.3 is 0 Å². The van der Waals surface area contributed by atoms with Crippen molar-refractivity contribution in [3.05, 3.63) is 28.2 Å². The van der Waals surface area contributed by atoms with E-state index in [9.17, 15) is 4.79 Å². The summed E-state index contributed by atoms with van der Waals surface area (Å²) < 4.78 is 1.01. The van der Waals surface area contributed by atoms with Gasteiger partial charge in [0.2, 0.25) is 5.78 Å². The van der Waals surface area contributed by atoms with Gasteiger partial charge in [-0.05, 0) is 48.0 Å². The number of halogens is 2. The lowest BCUT2D eigenvalue weighted by Crippen LogP contribution is -3.00. The minimum atomic E-state index is 0. The quantitative estimate of drug-likeness (QED) is 0.237. The van der Waals surface area contributed by atoms with E-state index in [4.69, 9.17) is 11.6 Å². The number of benzene rings is 1. The van der Waals surface area contributed by atoms with Crippen molar-refractivity contribution in [1.29, 1.82) is 0 Å². The summed E-state index contributed by atoms with van der Waals surface area (Å²) in [6.45, 7) is 5.74. The van der Waals surface area contributed by atoms with E-state index in [0.29, 0.717) is 17.8 Å². The predicted octanol–water partition coefficient (Wildman–Crippen LogP) is -1.05. The zero-order chi connectivity index (χ0) is 13.1. The molecule has 0 unspecified atom stereocenters. The first-order chi connectivity index (χ1) is 7.91. The largest absolute Gasteiger partial charge is 1.00 e. The molecule has 6 heteroatoms. The van der Waals surface area contributed by atoms with Crippen molar-refractivity contribution in [2.75, 3.05) is 25.4 Å². The van der Waals surface area contributed by atoms with Crippen LogP contribution in [0.3, 0.4) is 0 Å². The molecule has 1 aromatic rings. The van der Waals surface area contributed by atoms with E-state index in [1.54, 1.807) is 18.2 Å². The van der Waals surface area contributed by atoms with Gasteiger partial charge in [-0.1, -0.05) is 0 Å². The molecule has 18 heavy (non-hydrogen) atoms. The van der Waals surface area contributed by atoms with E-state index in [1.807, 2.05) is 13.8 Å². The zero-order valence-corrected chi connectivity index (χ0v) is 13.0. The molecule has 0 aliphatic carbocycles.